The highest BCUT2D eigenvalue weighted by atomic mass is 15.0. The predicted octanol–water partition coefficient (Wildman–Crippen LogP) is 1.84. The van der Waals surface area contributed by atoms with E-state index in [0.29, 0.717) is 5.41 Å². The molecular formula is C11H15N. The standard InChI is InChI=1S/C11H15N/c1-11(8-12-9-11)7-10-5-3-2-4-6-10/h2-6,12H,7-9H2,1H3. The van der Waals surface area contributed by atoms with E-state index in [-0.39, 0.29) is 0 Å². The first kappa shape index (κ1) is 7.81. The quantitative estimate of drug-likeness (QED) is 0.698. The summed E-state index contributed by atoms with van der Waals surface area (Å²) in [6, 6.07) is 10.7. The molecule has 1 aliphatic heterocycles. The Morgan fingerprint density at radius 1 is 1.25 bits per heavy atom. The molecule has 0 radical (unpaired) electrons. The summed E-state index contributed by atoms with van der Waals surface area (Å²) in [5, 5.41) is 3.32. The van der Waals surface area contributed by atoms with Crippen LogP contribution in [0.15, 0.2) is 30.3 Å². The maximum Gasteiger partial charge on any atom is 0.00208 e. The molecule has 1 N–H and O–H groups in total. The van der Waals surface area contributed by atoms with Crippen molar-refractivity contribution < 1.29 is 0 Å². The molecule has 0 unspecified atom stereocenters. The van der Waals surface area contributed by atoms with Crippen LogP contribution in [0.2, 0.25) is 0 Å². The summed E-state index contributed by atoms with van der Waals surface area (Å²) in [5.74, 6) is 0. The molecule has 1 nitrogen and oxygen atoms in total. The van der Waals surface area contributed by atoms with E-state index in [9.17, 15) is 0 Å². The summed E-state index contributed by atoms with van der Waals surface area (Å²) in [7, 11) is 0. The van der Waals surface area contributed by atoms with Crippen molar-refractivity contribution in [2.24, 2.45) is 5.41 Å². The monoisotopic (exact) mass is 161 g/mol. The van der Waals surface area contributed by atoms with Crippen molar-refractivity contribution in [2.75, 3.05) is 13.1 Å². The molecule has 0 spiro atoms. The lowest BCUT2D eigenvalue weighted by molar-refractivity contribution is 0.195. The van der Waals surface area contributed by atoms with Crippen molar-refractivity contribution in [1.82, 2.24) is 5.32 Å². The number of rotatable bonds is 2. The highest BCUT2D eigenvalue weighted by molar-refractivity contribution is 5.17. The maximum atomic E-state index is 3.32. The Hall–Kier alpha value is -0.820. The highest BCUT2D eigenvalue weighted by Gasteiger charge is 2.31. The minimum absolute atomic E-state index is 0.515. The minimum Gasteiger partial charge on any atom is -0.316 e. The van der Waals surface area contributed by atoms with Crippen molar-refractivity contribution in [2.45, 2.75) is 13.3 Å². The molecule has 64 valence electrons. The summed E-state index contributed by atoms with van der Waals surface area (Å²) in [4.78, 5) is 0. The van der Waals surface area contributed by atoms with E-state index in [1.54, 1.807) is 0 Å². The van der Waals surface area contributed by atoms with Crippen LogP contribution >= 0.6 is 0 Å². The third-order valence-corrected chi connectivity index (χ3v) is 2.58. The Kier molecular flexibility index (Phi) is 1.89. The Morgan fingerprint density at radius 2 is 1.92 bits per heavy atom. The molecule has 12 heavy (non-hydrogen) atoms. The van der Waals surface area contributed by atoms with Crippen LogP contribution in [-0.2, 0) is 6.42 Å². The molecule has 0 bridgehead atoms. The molecule has 0 atom stereocenters. The topological polar surface area (TPSA) is 12.0 Å². The molecule has 0 amide bonds. The molecule has 1 fully saturated rings. The summed E-state index contributed by atoms with van der Waals surface area (Å²) in [6.07, 6.45) is 1.21. The van der Waals surface area contributed by atoms with Crippen molar-refractivity contribution in [3.05, 3.63) is 35.9 Å². The third kappa shape index (κ3) is 1.51. The van der Waals surface area contributed by atoms with Crippen LogP contribution in [0.5, 0.6) is 0 Å². The van der Waals surface area contributed by atoms with E-state index in [1.165, 1.54) is 25.1 Å². The van der Waals surface area contributed by atoms with Crippen LogP contribution in [0.1, 0.15) is 12.5 Å². The molecule has 1 heterocycles. The van der Waals surface area contributed by atoms with Gasteiger partial charge >= 0.3 is 0 Å². The molecule has 0 saturated carbocycles. The molecule has 1 heteroatoms. The van der Waals surface area contributed by atoms with Crippen molar-refractivity contribution >= 4 is 0 Å². The van der Waals surface area contributed by atoms with E-state index in [0.717, 1.165) is 0 Å². The molecule has 2 rings (SSSR count). The first-order chi connectivity index (χ1) is 5.79. The van der Waals surface area contributed by atoms with Gasteiger partial charge in [0.25, 0.3) is 0 Å². The van der Waals surface area contributed by atoms with Crippen LogP contribution in [0.3, 0.4) is 0 Å². The van der Waals surface area contributed by atoms with Crippen LogP contribution < -0.4 is 5.32 Å². The summed E-state index contributed by atoms with van der Waals surface area (Å²) in [6.45, 7) is 4.68. The largest absolute Gasteiger partial charge is 0.316 e. The van der Waals surface area contributed by atoms with Crippen molar-refractivity contribution in [3.8, 4) is 0 Å². The van der Waals surface area contributed by atoms with Gasteiger partial charge in [-0.2, -0.15) is 0 Å². The minimum atomic E-state index is 0.515. The first-order valence-electron chi connectivity index (χ1n) is 4.53. The highest BCUT2D eigenvalue weighted by Crippen LogP contribution is 2.26. The molecule has 1 aliphatic rings. The Labute approximate surface area is 73.8 Å². The number of hydrogen-bond acceptors (Lipinski definition) is 1. The van der Waals surface area contributed by atoms with Gasteiger partial charge in [-0.05, 0) is 17.4 Å². The smallest absolute Gasteiger partial charge is 0.00208 e. The van der Waals surface area contributed by atoms with E-state index < -0.39 is 0 Å². The maximum absolute atomic E-state index is 3.32. The summed E-state index contributed by atoms with van der Waals surface area (Å²) < 4.78 is 0. The molecule has 0 aromatic heterocycles. The summed E-state index contributed by atoms with van der Waals surface area (Å²) >= 11 is 0. The van der Waals surface area contributed by atoms with Crippen molar-refractivity contribution in [1.29, 1.82) is 0 Å². The lowest BCUT2D eigenvalue weighted by Crippen LogP contribution is -2.52. The Bertz CT molecular complexity index is 249. The van der Waals surface area contributed by atoms with Gasteiger partial charge in [-0.1, -0.05) is 37.3 Å². The van der Waals surface area contributed by atoms with Gasteiger partial charge in [0, 0.05) is 13.1 Å². The van der Waals surface area contributed by atoms with Gasteiger partial charge < -0.3 is 5.32 Å². The van der Waals surface area contributed by atoms with Crippen molar-refractivity contribution in [3.63, 3.8) is 0 Å². The van der Waals surface area contributed by atoms with Gasteiger partial charge in [-0.3, -0.25) is 0 Å². The molecular weight excluding hydrogens is 146 g/mol. The van der Waals surface area contributed by atoms with Crippen LogP contribution in [0.4, 0.5) is 0 Å². The van der Waals surface area contributed by atoms with E-state index >= 15 is 0 Å². The van der Waals surface area contributed by atoms with Gasteiger partial charge in [0.05, 0.1) is 0 Å². The van der Waals surface area contributed by atoms with Gasteiger partial charge in [-0.15, -0.1) is 0 Å². The Morgan fingerprint density at radius 3 is 2.42 bits per heavy atom. The van der Waals surface area contributed by atoms with Gasteiger partial charge in [-0.25, -0.2) is 0 Å². The normalized spacial score (nSPS) is 20.1. The fourth-order valence-electron chi connectivity index (χ4n) is 1.77. The second-order valence-electron chi connectivity index (χ2n) is 4.08. The molecule has 0 aliphatic carbocycles. The zero-order chi connectivity index (χ0) is 8.44. The number of hydrogen-bond donors (Lipinski definition) is 1. The average molecular weight is 161 g/mol. The molecule has 1 saturated heterocycles. The van der Waals surface area contributed by atoms with Crippen LogP contribution in [-0.4, -0.2) is 13.1 Å². The second kappa shape index (κ2) is 2.91. The van der Waals surface area contributed by atoms with Crippen LogP contribution in [0.25, 0.3) is 0 Å². The van der Waals surface area contributed by atoms with E-state index in [2.05, 4.69) is 42.6 Å². The SMILES string of the molecule is CC1(Cc2ccccc2)CNC1. The van der Waals surface area contributed by atoms with Gasteiger partial charge in [0.2, 0.25) is 0 Å². The molecule has 1 aromatic carbocycles. The molecule has 1 aromatic rings. The fourth-order valence-corrected chi connectivity index (χ4v) is 1.77. The Balaban J connectivity index is 2.04. The first-order valence-corrected chi connectivity index (χ1v) is 4.53. The predicted molar refractivity (Wildman–Crippen MR) is 51.1 cm³/mol. The zero-order valence-electron chi connectivity index (χ0n) is 7.51. The lowest BCUT2D eigenvalue weighted by atomic mass is 9.78. The lowest BCUT2D eigenvalue weighted by Gasteiger charge is -2.39. The van der Waals surface area contributed by atoms with E-state index in [1.807, 2.05) is 0 Å². The third-order valence-electron chi connectivity index (χ3n) is 2.58. The van der Waals surface area contributed by atoms with E-state index in [4.69, 9.17) is 0 Å². The van der Waals surface area contributed by atoms with Crippen LogP contribution in [0, 0.1) is 5.41 Å². The van der Waals surface area contributed by atoms with Gasteiger partial charge in [0.1, 0.15) is 0 Å². The summed E-state index contributed by atoms with van der Waals surface area (Å²) in [5.41, 5.74) is 1.97. The number of nitrogens with one attached hydrogen (secondary N) is 1. The fraction of sp³-hybridized carbons (Fsp3) is 0.455. The second-order valence-corrected chi connectivity index (χ2v) is 4.08. The number of benzene rings is 1. The average Bonchev–Trinajstić information content (AvgIpc) is 2.04. The van der Waals surface area contributed by atoms with Gasteiger partial charge in [0.15, 0.2) is 0 Å². The zero-order valence-corrected chi connectivity index (χ0v) is 7.51.